The van der Waals surface area contributed by atoms with E-state index in [9.17, 15) is 9.90 Å². The molecule has 1 aromatic carbocycles. The van der Waals surface area contributed by atoms with Crippen LogP contribution in [0.2, 0.25) is 18.1 Å². The molecule has 0 spiro atoms. The number of urea groups is 1. The van der Waals surface area contributed by atoms with Crippen molar-refractivity contribution in [2.45, 2.75) is 95.6 Å². The molecule has 2 amide bonds. The molecule has 4 rings (SSSR count). The van der Waals surface area contributed by atoms with Crippen LogP contribution in [0.5, 0.6) is 11.9 Å². The molecule has 2 aliphatic heterocycles. The standard InChI is InChI=1S/C30H45BrN4O6Si/c1-18-24(17-40-16-19-9-11-20(31)12-10-19)35-21(14-25(18)36)13-22(33-29(35)37)27(41-42(7,8)30(2,3)4)23-15-26(38-5)34-28(32-23)39-6/h9-12,15,18,21-22,24-25,27,36H,13-14,16-17H2,1-8H3,(H,33,37)/t18-,21+,22-,24-,25+,27+/m1/s1. The van der Waals surface area contributed by atoms with Crippen LogP contribution in [0.25, 0.3) is 0 Å². The second-order valence-corrected chi connectivity index (χ2v) is 18.5. The van der Waals surface area contributed by atoms with Crippen LogP contribution in [0.3, 0.4) is 0 Å². The lowest BCUT2D eigenvalue weighted by atomic mass is 9.80. The smallest absolute Gasteiger partial charge is 0.319 e. The van der Waals surface area contributed by atoms with Crippen LogP contribution in [0, 0.1) is 5.92 Å². The molecule has 12 heteroatoms. The van der Waals surface area contributed by atoms with Crippen LogP contribution in [0.1, 0.15) is 57.9 Å². The molecule has 232 valence electrons. The molecule has 0 unspecified atom stereocenters. The fourth-order valence-corrected chi connectivity index (χ4v) is 6.95. The predicted molar refractivity (Wildman–Crippen MR) is 166 cm³/mol. The summed E-state index contributed by atoms with van der Waals surface area (Å²) in [7, 11) is 0.721. The summed E-state index contributed by atoms with van der Waals surface area (Å²) in [5.74, 6) is 0.220. The topological polar surface area (TPSA) is 115 Å². The van der Waals surface area contributed by atoms with Crippen molar-refractivity contribution in [3.63, 3.8) is 0 Å². The third kappa shape index (κ3) is 7.27. The summed E-state index contributed by atoms with van der Waals surface area (Å²) >= 11 is 3.46. The second-order valence-electron chi connectivity index (χ2n) is 12.8. The minimum atomic E-state index is -2.33. The number of aromatic nitrogens is 2. The number of ether oxygens (including phenoxy) is 3. The lowest BCUT2D eigenvalue weighted by Crippen LogP contribution is -2.67. The first kappa shape index (κ1) is 32.7. The van der Waals surface area contributed by atoms with Gasteiger partial charge in [-0.25, -0.2) is 4.79 Å². The van der Waals surface area contributed by atoms with E-state index in [1.807, 2.05) is 36.1 Å². The molecule has 2 N–H and O–H groups in total. The maximum Gasteiger partial charge on any atom is 0.319 e. The Morgan fingerprint density at radius 1 is 1.14 bits per heavy atom. The number of methoxy groups -OCH3 is 2. The number of halogens is 1. The lowest BCUT2D eigenvalue weighted by molar-refractivity contribution is -0.0699. The van der Waals surface area contributed by atoms with Gasteiger partial charge in [0.05, 0.1) is 51.3 Å². The zero-order valence-corrected chi connectivity index (χ0v) is 28.5. The molecule has 0 saturated carbocycles. The monoisotopic (exact) mass is 664 g/mol. The molecule has 2 aromatic rings. The number of carbonyl (C=O) groups is 1. The van der Waals surface area contributed by atoms with Crippen molar-refractivity contribution in [3.8, 4) is 11.9 Å². The van der Waals surface area contributed by atoms with E-state index in [2.05, 4.69) is 65.1 Å². The first-order chi connectivity index (χ1) is 19.7. The molecule has 0 radical (unpaired) electrons. The van der Waals surface area contributed by atoms with Gasteiger partial charge in [0.1, 0.15) is 6.10 Å². The van der Waals surface area contributed by atoms with E-state index in [1.54, 1.807) is 13.2 Å². The van der Waals surface area contributed by atoms with Gasteiger partial charge in [0, 0.05) is 22.5 Å². The molecule has 1 aromatic heterocycles. The van der Waals surface area contributed by atoms with Crippen molar-refractivity contribution in [1.29, 1.82) is 0 Å². The molecule has 3 heterocycles. The van der Waals surface area contributed by atoms with Gasteiger partial charge in [-0.05, 0) is 48.7 Å². The van der Waals surface area contributed by atoms with Crippen molar-refractivity contribution in [1.82, 2.24) is 20.2 Å². The van der Waals surface area contributed by atoms with E-state index in [4.69, 9.17) is 18.6 Å². The largest absolute Gasteiger partial charge is 0.481 e. The molecule has 0 aliphatic carbocycles. The summed E-state index contributed by atoms with van der Waals surface area (Å²) in [5.41, 5.74) is 1.63. The SMILES string of the molecule is COc1cc([C@@H](O[Si](C)(C)C(C)(C)C)[C@H]2C[C@H]3C[C@H](O)[C@H](C)[C@@H](COCc4ccc(Br)cc4)N3C(=O)N2)nc(OC)n1. The minimum Gasteiger partial charge on any atom is -0.481 e. The number of hydrogen-bond acceptors (Lipinski definition) is 8. The number of nitrogens with zero attached hydrogens (tertiary/aromatic N) is 3. The number of piperidine rings is 1. The zero-order chi connectivity index (χ0) is 30.8. The number of benzene rings is 1. The molecule has 0 bridgehead atoms. The van der Waals surface area contributed by atoms with Gasteiger partial charge in [0.25, 0.3) is 0 Å². The molecular weight excluding hydrogens is 620 g/mol. The van der Waals surface area contributed by atoms with Crippen molar-refractivity contribution >= 4 is 30.3 Å². The van der Waals surface area contributed by atoms with Crippen LogP contribution in [-0.2, 0) is 15.8 Å². The van der Waals surface area contributed by atoms with Gasteiger partial charge < -0.3 is 34.0 Å². The Hall–Kier alpha value is -2.25. The Morgan fingerprint density at radius 3 is 2.45 bits per heavy atom. The Balaban J connectivity index is 1.60. The van der Waals surface area contributed by atoms with Gasteiger partial charge in [-0.2, -0.15) is 9.97 Å². The van der Waals surface area contributed by atoms with E-state index in [1.165, 1.54) is 7.11 Å². The summed E-state index contributed by atoms with van der Waals surface area (Å²) in [6.45, 7) is 13.6. The number of hydrogen-bond donors (Lipinski definition) is 2. The molecule has 6 atom stereocenters. The Labute approximate surface area is 258 Å². The number of fused-ring (bicyclic) bond motifs is 1. The molecule has 2 aliphatic rings. The Morgan fingerprint density at radius 2 is 1.83 bits per heavy atom. The highest BCUT2D eigenvalue weighted by Crippen LogP contribution is 2.43. The fourth-order valence-electron chi connectivity index (χ4n) is 5.41. The van der Waals surface area contributed by atoms with E-state index in [-0.39, 0.29) is 41.1 Å². The van der Waals surface area contributed by atoms with Crippen molar-refractivity contribution in [3.05, 3.63) is 46.1 Å². The predicted octanol–water partition coefficient (Wildman–Crippen LogP) is 5.46. The quantitative estimate of drug-likeness (QED) is 0.322. The first-order valence-electron chi connectivity index (χ1n) is 14.5. The highest BCUT2D eigenvalue weighted by atomic mass is 79.9. The summed E-state index contributed by atoms with van der Waals surface area (Å²) < 4.78 is 24.9. The van der Waals surface area contributed by atoms with Gasteiger partial charge in [-0.3, -0.25) is 0 Å². The van der Waals surface area contributed by atoms with Crippen LogP contribution >= 0.6 is 15.9 Å². The molecule has 2 saturated heterocycles. The number of carbonyl (C=O) groups excluding carboxylic acids is 1. The van der Waals surface area contributed by atoms with E-state index >= 15 is 0 Å². The van der Waals surface area contributed by atoms with E-state index in [0.29, 0.717) is 37.6 Å². The number of amides is 2. The van der Waals surface area contributed by atoms with Crippen LogP contribution in [-0.4, -0.2) is 79.4 Å². The summed E-state index contributed by atoms with van der Waals surface area (Å²) in [5, 5.41) is 14.3. The number of rotatable bonds is 10. The van der Waals surface area contributed by atoms with Crippen molar-refractivity contribution in [2.75, 3.05) is 20.8 Å². The van der Waals surface area contributed by atoms with Crippen LogP contribution < -0.4 is 14.8 Å². The fraction of sp³-hybridized carbons (Fsp3) is 0.633. The summed E-state index contributed by atoms with van der Waals surface area (Å²) in [6.07, 6.45) is -0.0612. The first-order valence-corrected chi connectivity index (χ1v) is 18.2. The maximum absolute atomic E-state index is 13.9. The molecule has 2 fully saturated rings. The average Bonchev–Trinajstić information content (AvgIpc) is 2.93. The van der Waals surface area contributed by atoms with Crippen LogP contribution in [0.4, 0.5) is 4.79 Å². The molecule has 10 nitrogen and oxygen atoms in total. The van der Waals surface area contributed by atoms with Crippen molar-refractivity contribution in [2.24, 2.45) is 5.92 Å². The number of aliphatic hydroxyl groups excluding tert-OH is 1. The Kier molecular flexibility index (Phi) is 10.2. The van der Waals surface area contributed by atoms with E-state index < -0.39 is 20.5 Å². The highest BCUT2D eigenvalue weighted by molar-refractivity contribution is 9.10. The van der Waals surface area contributed by atoms with Crippen LogP contribution in [0.15, 0.2) is 34.8 Å². The minimum absolute atomic E-state index is 0.0785. The Bertz CT molecular complexity index is 1210. The maximum atomic E-state index is 13.9. The lowest BCUT2D eigenvalue weighted by Gasteiger charge is -2.52. The molecular formula is C30H45BrN4O6Si. The third-order valence-corrected chi connectivity index (χ3v) is 14.0. The summed E-state index contributed by atoms with van der Waals surface area (Å²) in [6, 6.07) is 8.84. The van der Waals surface area contributed by atoms with Gasteiger partial charge in [-0.1, -0.05) is 55.8 Å². The normalized spacial score (nSPS) is 25.4. The third-order valence-electron chi connectivity index (χ3n) is 9.00. The number of nitrogens with one attached hydrogen (secondary N) is 1. The van der Waals surface area contributed by atoms with Gasteiger partial charge >= 0.3 is 12.0 Å². The van der Waals surface area contributed by atoms with E-state index in [0.717, 1.165) is 10.0 Å². The average molecular weight is 666 g/mol. The van der Waals surface area contributed by atoms with Gasteiger partial charge in [0.2, 0.25) is 5.88 Å². The van der Waals surface area contributed by atoms with Gasteiger partial charge in [-0.15, -0.1) is 0 Å². The molecule has 42 heavy (non-hydrogen) atoms. The second kappa shape index (κ2) is 13.2. The summed E-state index contributed by atoms with van der Waals surface area (Å²) in [4.78, 5) is 24.6. The van der Waals surface area contributed by atoms with Crippen molar-refractivity contribution < 1.29 is 28.5 Å². The zero-order valence-electron chi connectivity index (χ0n) is 25.9. The number of aliphatic hydroxyl groups is 1. The highest BCUT2D eigenvalue weighted by Gasteiger charge is 2.50. The van der Waals surface area contributed by atoms with Gasteiger partial charge in [0.15, 0.2) is 8.32 Å².